The van der Waals surface area contributed by atoms with E-state index in [4.69, 9.17) is 23.2 Å². The van der Waals surface area contributed by atoms with E-state index in [-0.39, 0.29) is 12.1 Å². The summed E-state index contributed by atoms with van der Waals surface area (Å²) < 4.78 is 0. The van der Waals surface area contributed by atoms with Gasteiger partial charge >= 0.3 is 12.1 Å². The summed E-state index contributed by atoms with van der Waals surface area (Å²) in [6.07, 6.45) is 3.63. The van der Waals surface area contributed by atoms with Crippen LogP contribution in [-0.2, 0) is 0 Å². The predicted molar refractivity (Wildman–Crippen MR) is 56.9 cm³/mol. The lowest BCUT2D eigenvalue weighted by atomic mass is 9.90. The van der Waals surface area contributed by atoms with E-state index in [0.29, 0.717) is 19.3 Å². The fourth-order valence-electron chi connectivity index (χ4n) is 1.80. The third-order valence-corrected chi connectivity index (χ3v) is 2.72. The van der Waals surface area contributed by atoms with E-state index < -0.39 is 12.1 Å². The van der Waals surface area contributed by atoms with Crippen molar-refractivity contribution in [1.82, 2.24) is 10.0 Å². The molecule has 1 rings (SSSR count). The molecule has 0 aliphatic heterocycles. The Balaban J connectivity index is 2.60. The number of carbonyl (C=O) groups excluding carboxylic acids is 2. The third kappa shape index (κ3) is 2.74. The van der Waals surface area contributed by atoms with Crippen molar-refractivity contribution in [3.8, 4) is 0 Å². The zero-order chi connectivity index (χ0) is 12.3. The maximum absolute atomic E-state index is 10.9. The minimum Gasteiger partial charge on any atom is -0.350 e. The van der Waals surface area contributed by atoms with Gasteiger partial charge in [-0.25, -0.2) is 21.3 Å². The molecule has 1 aliphatic carbocycles. The van der Waals surface area contributed by atoms with Crippen molar-refractivity contribution in [2.75, 3.05) is 0 Å². The molecule has 1 fully saturated rings. The van der Waals surface area contributed by atoms with E-state index in [2.05, 4.69) is 0 Å². The minimum absolute atomic E-state index is 0.248. The number of nitrogens with zero attached hydrogens (tertiary/aromatic N) is 2. The van der Waals surface area contributed by atoms with Crippen molar-refractivity contribution in [3.63, 3.8) is 0 Å². The van der Waals surface area contributed by atoms with Crippen LogP contribution in [0.2, 0.25) is 0 Å². The average Bonchev–Trinajstić information content (AvgIpc) is 2.26. The molecule has 0 aromatic rings. The predicted octanol–water partition coefficient (Wildman–Crippen LogP) is -1.38. The first-order chi connectivity index (χ1) is 7.43. The van der Waals surface area contributed by atoms with E-state index >= 15 is 0 Å². The molecule has 1 saturated carbocycles. The van der Waals surface area contributed by atoms with Gasteiger partial charge in [0.15, 0.2) is 0 Å². The number of hydrogen-bond donors (Lipinski definition) is 4. The number of urea groups is 2. The maximum atomic E-state index is 10.9. The fraction of sp³-hybridized carbons (Fsp3) is 0.625. The molecule has 16 heavy (non-hydrogen) atoms. The van der Waals surface area contributed by atoms with Gasteiger partial charge in [0.05, 0.1) is 12.1 Å². The largest absolute Gasteiger partial charge is 0.350 e. The van der Waals surface area contributed by atoms with Gasteiger partial charge in [-0.2, -0.15) is 0 Å². The van der Waals surface area contributed by atoms with Gasteiger partial charge in [0.25, 0.3) is 0 Å². The van der Waals surface area contributed by atoms with Crippen LogP contribution in [0.3, 0.4) is 0 Å². The molecule has 0 aromatic carbocycles. The molecule has 2 unspecified atom stereocenters. The van der Waals surface area contributed by atoms with E-state index in [1.807, 2.05) is 6.42 Å². The van der Waals surface area contributed by atoms with Crippen molar-refractivity contribution in [1.29, 1.82) is 0 Å². The molecule has 2 atom stereocenters. The standard InChI is InChI=1S/C8H17N6O2/c9-7(15)13(11)5-2-1-3-6(4-5)14(12)8(10)16/h1,5-6H,2-4,11-12H2,(H2,9,15)(H2,10,16). The summed E-state index contributed by atoms with van der Waals surface area (Å²) in [6.45, 7) is 0. The summed E-state index contributed by atoms with van der Waals surface area (Å²) in [4.78, 5) is 21.8. The Labute approximate surface area is 93.4 Å². The van der Waals surface area contributed by atoms with Gasteiger partial charge < -0.3 is 11.5 Å². The molecule has 0 bridgehead atoms. The van der Waals surface area contributed by atoms with Crippen molar-refractivity contribution in [3.05, 3.63) is 6.42 Å². The Hall–Kier alpha value is -1.54. The van der Waals surface area contributed by atoms with Crippen LogP contribution in [0, 0.1) is 6.42 Å². The van der Waals surface area contributed by atoms with Gasteiger partial charge in [0.2, 0.25) is 0 Å². The number of rotatable bonds is 2. The molecule has 8 N–H and O–H groups in total. The lowest BCUT2D eigenvalue weighted by Gasteiger charge is -2.36. The van der Waals surface area contributed by atoms with Gasteiger partial charge in [-0.15, -0.1) is 0 Å². The lowest BCUT2D eigenvalue weighted by Crippen LogP contribution is -2.56. The second kappa shape index (κ2) is 4.99. The monoisotopic (exact) mass is 229 g/mol. The average molecular weight is 229 g/mol. The highest BCUT2D eigenvalue weighted by molar-refractivity contribution is 5.72. The number of carbonyl (C=O) groups is 2. The zero-order valence-corrected chi connectivity index (χ0v) is 8.87. The molecule has 1 aliphatic rings. The van der Waals surface area contributed by atoms with Crippen molar-refractivity contribution < 1.29 is 9.59 Å². The summed E-state index contributed by atoms with van der Waals surface area (Å²) in [7, 11) is 0. The van der Waals surface area contributed by atoms with Gasteiger partial charge in [-0.3, -0.25) is 10.0 Å². The molecular weight excluding hydrogens is 212 g/mol. The SMILES string of the molecule is NC(=O)N(N)C1C[CH]CC(N(N)C(N)=O)C1. The first kappa shape index (κ1) is 12.5. The summed E-state index contributed by atoms with van der Waals surface area (Å²) in [5.41, 5.74) is 10.1. The molecule has 0 heterocycles. The second-order valence-electron chi connectivity index (χ2n) is 3.79. The van der Waals surface area contributed by atoms with Gasteiger partial charge in [-0.05, 0) is 25.7 Å². The van der Waals surface area contributed by atoms with Crippen LogP contribution >= 0.6 is 0 Å². The van der Waals surface area contributed by atoms with Crippen LogP contribution in [0.5, 0.6) is 0 Å². The molecule has 91 valence electrons. The van der Waals surface area contributed by atoms with E-state index in [0.717, 1.165) is 10.0 Å². The minimum atomic E-state index is -0.707. The van der Waals surface area contributed by atoms with Crippen molar-refractivity contribution in [2.45, 2.75) is 31.3 Å². The van der Waals surface area contributed by atoms with Gasteiger partial charge in [0, 0.05) is 0 Å². The van der Waals surface area contributed by atoms with E-state index in [1.54, 1.807) is 0 Å². The highest BCUT2D eigenvalue weighted by atomic mass is 16.2. The van der Waals surface area contributed by atoms with Crippen LogP contribution in [0.1, 0.15) is 19.3 Å². The fourth-order valence-corrected chi connectivity index (χ4v) is 1.80. The Bertz CT molecular complexity index is 258. The molecule has 0 aromatic heterocycles. The number of hydrogen-bond acceptors (Lipinski definition) is 4. The first-order valence-corrected chi connectivity index (χ1v) is 4.92. The molecule has 1 radical (unpaired) electrons. The van der Waals surface area contributed by atoms with Crippen LogP contribution < -0.4 is 23.2 Å². The van der Waals surface area contributed by atoms with Crippen molar-refractivity contribution in [2.24, 2.45) is 23.2 Å². The Morgan fingerprint density at radius 1 is 1.00 bits per heavy atom. The topological polar surface area (TPSA) is 145 Å². The second-order valence-corrected chi connectivity index (χ2v) is 3.79. The summed E-state index contributed by atoms with van der Waals surface area (Å²) in [6, 6.07) is -1.91. The van der Waals surface area contributed by atoms with Crippen LogP contribution in [0.25, 0.3) is 0 Å². The summed E-state index contributed by atoms with van der Waals surface area (Å²) in [5, 5.41) is 1.91. The zero-order valence-electron chi connectivity index (χ0n) is 8.87. The normalized spacial score (nSPS) is 24.9. The number of hydrazine groups is 2. The van der Waals surface area contributed by atoms with Gasteiger partial charge in [0.1, 0.15) is 0 Å². The molecule has 0 spiro atoms. The molecule has 4 amide bonds. The summed E-state index contributed by atoms with van der Waals surface area (Å²) in [5.74, 6) is 11.0. The van der Waals surface area contributed by atoms with Gasteiger partial charge in [-0.1, -0.05) is 0 Å². The first-order valence-electron chi connectivity index (χ1n) is 4.92. The smallest absolute Gasteiger partial charge is 0.329 e. The highest BCUT2D eigenvalue weighted by Gasteiger charge is 2.30. The number of primary amides is 2. The van der Waals surface area contributed by atoms with E-state index in [9.17, 15) is 9.59 Å². The molecule has 8 heteroatoms. The Morgan fingerprint density at radius 3 is 1.69 bits per heavy atom. The summed E-state index contributed by atoms with van der Waals surface area (Å²) >= 11 is 0. The lowest BCUT2D eigenvalue weighted by molar-refractivity contribution is 0.129. The van der Waals surface area contributed by atoms with E-state index in [1.165, 1.54) is 0 Å². The highest BCUT2D eigenvalue weighted by Crippen LogP contribution is 2.23. The Kier molecular flexibility index (Phi) is 3.91. The molecule has 0 saturated heterocycles. The van der Waals surface area contributed by atoms with Crippen LogP contribution in [0.4, 0.5) is 9.59 Å². The van der Waals surface area contributed by atoms with Crippen molar-refractivity contribution >= 4 is 12.1 Å². The number of nitrogens with two attached hydrogens (primary N) is 4. The third-order valence-electron chi connectivity index (χ3n) is 2.72. The number of amides is 4. The maximum Gasteiger partial charge on any atom is 0.329 e. The quantitative estimate of drug-likeness (QED) is 0.262. The van der Waals surface area contributed by atoms with Crippen LogP contribution in [0.15, 0.2) is 0 Å². The molecular formula is C8H17N6O2. The Morgan fingerprint density at radius 2 is 1.38 bits per heavy atom. The van der Waals surface area contributed by atoms with Crippen LogP contribution in [-0.4, -0.2) is 34.2 Å². The molecule has 8 nitrogen and oxygen atoms in total.